The van der Waals surface area contributed by atoms with E-state index in [1.165, 1.54) is 12.3 Å². The Hall–Kier alpha value is -2.25. The molecule has 0 saturated heterocycles. The number of amidine groups is 1. The van der Waals surface area contributed by atoms with E-state index in [1.54, 1.807) is 14.2 Å². The van der Waals surface area contributed by atoms with Crippen LogP contribution in [0.15, 0.2) is 42.5 Å². The normalized spacial score (nSPS) is 20.6. The number of benzene rings is 2. The molecule has 0 radical (unpaired) electrons. The zero-order valence-corrected chi connectivity index (χ0v) is 20.0. The maximum Gasteiger partial charge on any atom is 0.271 e. The van der Waals surface area contributed by atoms with Crippen LogP contribution in [0.5, 0.6) is 17.2 Å². The lowest BCUT2D eigenvalue weighted by atomic mass is 10.0. The molecule has 168 valence electrons. The third-order valence-electron chi connectivity index (χ3n) is 6.04. The maximum absolute atomic E-state index is 12.0. The molecule has 0 aromatic heterocycles. The van der Waals surface area contributed by atoms with Crippen LogP contribution in [0.25, 0.3) is 0 Å². The van der Waals surface area contributed by atoms with Crippen LogP contribution in [0, 0.1) is 0 Å². The third kappa shape index (κ3) is 4.39. The van der Waals surface area contributed by atoms with Crippen molar-refractivity contribution in [3.8, 4) is 17.2 Å². The Labute approximate surface area is 194 Å². The molecule has 0 fully saturated rings. The summed E-state index contributed by atoms with van der Waals surface area (Å²) >= 11 is 0. The highest BCUT2D eigenvalue weighted by molar-refractivity contribution is 5.96. The van der Waals surface area contributed by atoms with Crippen LogP contribution in [0.3, 0.4) is 0 Å². The van der Waals surface area contributed by atoms with Crippen molar-refractivity contribution in [2.24, 2.45) is 0 Å². The van der Waals surface area contributed by atoms with Crippen LogP contribution >= 0.6 is 0 Å². The number of β-amino-alcohol motifs (C(OH)–C–C–N with tert-alkyl or cyclic N) is 1. The average molecular weight is 491 g/mol. The van der Waals surface area contributed by atoms with Gasteiger partial charge in [0, 0.05) is 12.0 Å². The summed E-state index contributed by atoms with van der Waals surface area (Å²) in [6.07, 6.45) is 4.31. The van der Waals surface area contributed by atoms with Gasteiger partial charge in [-0.1, -0.05) is 0 Å². The van der Waals surface area contributed by atoms with Crippen LogP contribution in [-0.4, -0.2) is 49.4 Å². The lowest BCUT2D eigenvalue weighted by Gasteiger charge is -2.24. The minimum absolute atomic E-state index is 0. The topological polar surface area (TPSA) is 54.2 Å². The summed E-state index contributed by atoms with van der Waals surface area (Å²) < 4.78 is 18.7. The first-order chi connectivity index (χ1) is 14.6. The van der Waals surface area contributed by atoms with Crippen molar-refractivity contribution in [3.05, 3.63) is 48.0 Å². The summed E-state index contributed by atoms with van der Waals surface area (Å²) in [5.74, 6) is 3.32. The van der Waals surface area contributed by atoms with Gasteiger partial charge in [-0.05, 0) is 68.7 Å². The second-order valence-corrected chi connectivity index (χ2v) is 7.78. The van der Waals surface area contributed by atoms with Gasteiger partial charge in [-0.2, -0.15) is 0 Å². The lowest BCUT2D eigenvalue weighted by molar-refractivity contribution is -0.658. The van der Waals surface area contributed by atoms with Gasteiger partial charge in [0.1, 0.15) is 11.4 Å². The number of methoxy groups -OCH3 is 2. The van der Waals surface area contributed by atoms with Crippen LogP contribution in [0.1, 0.15) is 38.2 Å². The van der Waals surface area contributed by atoms with Gasteiger partial charge in [0.05, 0.1) is 27.4 Å². The predicted molar refractivity (Wildman–Crippen MR) is 117 cm³/mol. The summed E-state index contributed by atoms with van der Waals surface area (Å²) in [4.78, 5) is 2.25. The summed E-state index contributed by atoms with van der Waals surface area (Å²) in [5.41, 5.74) is 0.752. The number of rotatable bonds is 6. The van der Waals surface area contributed by atoms with E-state index >= 15 is 0 Å². The molecule has 1 unspecified atom stereocenters. The molecule has 2 aliphatic heterocycles. The molecule has 7 heteroatoms. The van der Waals surface area contributed by atoms with Crippen molar-refractivity contribution in [2.45, 2.75) is 38.3 Å². The second-order valence-electron chi connectivity index (χ2n) is 7.78. The van der Waals surface area contributed by atoms with Gasteiger partial charge < -0.3 is 36.3 Å². The predicted octanol–water partition coefficient (Wildman–Crippen LogP) is 0.757. The molecule has 1 N–H and O–H groups in total. The SMILES string of the molecule is CCOc1ccc(N2CC(O)(c3ccc(OC)c(OC)c3)[N+]3=C2CCCCC3)cc1.[Br-]. The van der Waals surface area contributed by atoms with Gasteiger partial charge in [-0.3, -0.25) is 0 Å². The molecule has 0 bridgehead atoms. The first kappa shape index (κ1) is 23.4. The van der Waals surface area contributed by atoms with E-state index in [0.717, 1.165) is 42.8 Å². The smallest absolute Gasteiger partial charge is 0.271 e. The molecular weight excluding hydrogens is 460 g/mol. The largest absolute Gasteiger partial charge is 1.00 e. The lowest BCUT2D eigenvalue weighted by Crippen LogP contribution is -3.00. The standard InChI is InChI=1S/C24H31N2O4.BrH/c1-4-30-20-12-10-19(11-13-20)25-17-24(27,26-15-7-5-6-8-23(25)26)18-9-14-21(28-2)22(16-18)29-3;/h9-14,16,27H,4-8,15,17H2,1-3H3;1H/q+1;/p-1. The fraction of sp³-hybridized carbons (Fsp3) is 0.458. The fourth-order valence-electron chi connectivity index (χ4n) is 4.53. The molecule has 4 rings (SSSR count). The second kappa shape index (κ2) is 9.92. The highest BCUT2D eigenvalue weighted by Crippen LogP contribution is 2.39. The first-order valence-corrected chi connectivity index (χ1v) is 10.7. The van der Waals surface area contributed by atoms with Gasteiger partial charge >= 0.3 is 0 Å². The Morgan fingerprint density at radius 1 is 1.00 bits per heavy atom. The molecule has 2 aliphatic rings. The van der Waals surface area contributed by atoms with E-state index < -0.39 is 5.72 Å². The summed E-state index contributed by atoms with van der Waals surface area (Å²) in [6.45, 7) is 3.92. The Morgan fingerprint density at radius 3 is 2.42 bits per heavy atom. The van der Waals surface area contributed by atoms with Crippen molar-refractivity contribution in [1.29, 1.82) is 0 Å². The third-order valence-corrected chi connectivity index (χ3v) is 6.04. The van der Waals surface area contributed by atoms with Crippen LogP contribution in [-0.2, 0) is 5.72 Å². The van der Waals surface area contributed by atoms with Crippen LogP contribution < -0.4 is 36.1 Å². The Bertz CT molecular complexity index is 932. The maximum atomic E-state index is 12.0. The molecular formula is C24H31BrN2O4. The van der Waals surface area contributed by atoms with E-state index in [0.29, 0.717) is 24.7 Å². The number of halogens is 1. The van der Waals surface area contributed by atoms with Gasteiger partial charge in [0.2, 0.25) is 0 Å². The highest BCUT2D eigenvalue weighted by Gasteiger charge is 2.52. The zero-order valence-electron chi connectivity index (χ0n) is 18.4. The molecule has 0 saturated carbocycles. The molecule has 2 aromatic rings. The number of nitrogens with zero attached hydrogens (tertiary/aromatic N) is 2. The van der Waals surface area contributed by atoms with E-state index in [2.05, 4.69) is 21.6 Å². The minimum atomic E-state index is -1.13. The Morgan fingerprint density at radius 2 is 1.74 bits per heavy atom. The van der Waals surface area contributed by atoms with E-state index in [9.17, 15) is 5.11 Å². The minimum Gasteiger partial charge on any atom is -1.00 e. The van der Waals surface area contributed by atoms with Crippen molar-refractivity contribution >= 4 is 11.5 Å². The first-order valence-electron chi connectivity index (χ1n) is 10.7. The number of hydrogen-bond donors (Lipinski definition) is 1. The van der Waals surface area contributed by atoms with Gasteiger partial charge in [0.15, 0.2) is 18.0 Å². The molecule has 0 aliphatic carbocycles. The van der Waals surface area contributed by atoms with Crippen molar-refractivity contribution in [2.75, 3.05) is 38.8 Å². The number of anilines is 1. The number of hydrogen-bond acceptors (Lipinski definition) is 5. The van der Waals surface area contributed by atoms with Crippen molar-refractivity contribution < 1.29 is 40.9 Å². The van der Waals surface area contributed by atoms with Crippen molar-refractivity contribution in [1.82, 2.24) is 0 Å². The molecule has 0 amide bonds. The summed E-state index contributed by atoms with van der Waals surface area (Å²) in [7, 11) is 3.24. The quantitative estimate of drug-likeness (QED) is 0.605. The highest BCUT2D eigenvalue weighted by atomic mass is 79.9. The van der Waals surface area contributed by atoms with Gasteiger partial charge in [-0.25, -0.2) is 9.48 Å². The fourth-order valence-corrected chi connectivity index (χ4v) is 4.53. The number of ether oxygens (including phenoxy) is 3. The van der Waals surface area contributed by atoms with Gasteiger partial charge in [0.25, 0.3) is 11.6 Å². The molecule has 0 spiro atoms. The molecule has 2 aromatic carbocycles. The van der Waals surface area contributed by atoms with Gasteiger partial charge in [-0.15, -0.1) is 0 Å². The summed E-state index contributed by atoms with van der Waals surface area (Å²) in [5, 5.41) is 12.0. The number of aliphatic hydroxyl groups is 1. The average Bonchev–Trinajstić information content (AvgIpc) is 2.92. The van der Waals surface area contributed by atoms with E-state index in [-0.39, 0.29) is 17.0 Å². The Balaban J connectivity index is 0.00000272. The molecule has 31 heavy (non-hydrogen) atoms. The van der Waals surface area contributed by atoms with Crippen LogP contribution in [0.2, 0.25) is 0 Å². The van der Waals surface area contributed by atoms with Crippen molar-refractivity contribution in [3.63, 3.8) is 0 Å². The Kier molecular flexibility index (Phi) is 7.49. The van der Waals surface area contributed by atoms with Crippen LogP contribution in [0.4, 0.5) is 5.69 Å². The van der Waals surface area contributed by atoms with E-state index in [1.807, 2.05) is 37.3 Å². The monoisotopic (exact) mass is 490 g/mol. The molecule has 2 heterocycles. The van der Waals surface area contributed by atoms with E-state index in [4.69, 9.17) is 14.2 Å². The summed E-state index contributed by atoms with van der Waals surface area (Å²) in [6, 6.07) is 13.8. The zero-order chi connectivity index (χ0) is 21.1. The molecule has 1 atom stereocenters. The molecule has 6 nitrogen and oxygen atoms in total.